The Morgan fingerprint density at radius 2 is 2.33 bits per heavy atom. The molecule has 1 aliphatic rings. The van der Waals surface area contributed by atoms with Crippen LogP contribution in [0.3, 0.4) is 0 Å². The Labute approximate surface area is 100 Å². The zero-order valence-corrected chi connectivity index (χ0v) is 10.9. The van der Waals surface area contributed by atoms with Gasteiger partial charge in [0.2, 0.25) is 5.91 Å². The Hall–Kier alpha value is -0.0900. The Balaban J connectivity index is 2.01. The van der Waals surface area contributed by atoms with Crippen molar-refractivity contribution in [1.29, 1.82) is 0 Å². The third-order valence-corrected chi connectivity index (χ3v) is 3.48. The predicted molar refractivity (Wildman–Crippen MR) is 64.2 cm³/mol. The zero-order valence-electron chi connectivity index (χ0n) is 9.30. The van der Waals surface area contributed by atoms with E-state index < -0.39 is 0 Å². The number of carbonyl (C=O) groups is 1. The fourth-order valence-corrected chi connectivity index (χ4v) is 2.61. The summed E-state index contributed by atoms with van der Waals surface area (Å²) in [4.78, 5) is 12.0. The van der Waals surface area contributed by atoms with Crippen LogP contribution in [0.1, 0.15) is 32.6 Å². The molecule has 0 aromatic heterocycles. The molecule has 1 aliphatic carbocycles. The molecule has 1 fully saturated rings. The molecule has 0 aromatic carbocycles. The number of amides is 1. The Kier molecular flexibility index (Phi) is 6.25. The van der Waals surface area contributed by atoms with Gasteiger partial charge in [0.25, 0.3) is 0 Å². The number of hydrogen-bond donors (Lipinski definition) is 1. The summed E-state index contributed by atoms with van der Waals surface area (Å²) in [5.41, 5.74) is 0. The number of hydrogen-bond acceptors (Lipinski definition) is 2. The van der Waals surface area contributed by atoms with E-state index in [1.165, 1.54) is 19.3 Å². The Morgan fingerprint density at radius 3 is 2.93 bits per heavy atom. The molecule has 0 saturated heterocycles. The van der Waals surface area contributed by atoms with Crippen LogP contribution in [0.5, 0.6) is 0 Å². The highest BCUT2D eigenvalue weighted by atomic mass is 79.9. The van der Waals surface area contributed by atoms with E-state index in [9.17, 15) is 4.79 Å². The topological polar surface area (TPSA) is 38.3 Å². The minimum atomic E-state index is 0.0153. The van der Waals surface area contributed by atoms with Crippen LogP contribution in [0.2, 0.25) is 0 Å². The highest BCUT2D eigenvalue weighted by molar-refractivity contribution is 9.09. The number of ether oxygens (including phenoxy) is 1. The van der Waals surface area contributed by atoms with Crippen LogP contribution >= 0.6 is 15.9 Å². The van der Waals surface area contributed by atoms with Crippen molar-refractivity contribution in [3.05, 3.63) is 0 Å². The second kappa shape index (κ2) is 7.23. The maximum absolute atomic E-state index is 11.3. The summed E-state index contributed by atoms with van der Waals surface area (Å²) in [6, 6.07) is 0. The number of alkyl halides is 1. The predicted octanol–water partition coefficient (Wildman–Crippen LogP) is 2.09. The van der Waals surface area contributed by atoms with Crippen molar-refractivity contribution in [1.82, 2.24) is 5.32 Å². The van der Waals surface area contributed by atoms with Crippen molar-refractivity contribution in [2.24, 2.45) is 5.92 Å². The summed E-state index contributed by atoms with van der Waals surface area (Å²) in [6.07, 6.45) is 4.58. The minimum absolute atomic E-state index is 0.0153. The lowest BCUT2D eigenvalue weighted by molar-refractivity contribution is -0.125. The van der Waals surface area contributed by atoms with Gasteiger partial charge in [0, 0.05) is 18.0 Å². The van der Waals surface area contributed by atoms with E-state index in [0.717, 1.165) is 13.0 Å². The monoisotopic (exact) mass is 277 g/mol. The largest absolute Gasteiger partial charge is 0.372 e. The van der Waals surface area contributed by atoms with Gasteiger partial charge in [0.1, 0.15) is 6.61 Å². The molecule has 2 atom stereocenters. The fourth-order valence-electron chi connectivity index (χ4n) is 1.82. The lowest BCUT2D eigenvalue weighted by Crippen LogP contribution is -2.31. The molecular weight excluding hydrogens is 258 g/mol. The van der Waals surface area contributed by atoms with Gasteiger partial charge >= 0.3 is 0 Å². The second-order valence-corrected chi connectivity index (χ2v) is 5.43. The molecule has 1 amide bonds. The van der Waals surface area contributed by atoms with E-state index in [-0.39, 0.29) is 12.5 Å². The summed E-state index contributed by atoms with van der Waals surface area (Å²) in [6.45, 7) is 3.71. The molecule has 0 aliphatic heterocycles. The van der Waals surface area contributed by atoms with Crippen molar-refractivity contribution in [3.63, 3.8) is 0 Å². The molecule has 2 unspecified atom stereocenters. The normalized spacial score (nSPS) is 25.5. The van der Waals surface area contributed by atoms with Crippen LogP contribution in [-0.2, 0) is 9.53 Å². The lowest BCUT2D eigenvalue weighted by atomic mass is 10.1. The van der Waals surface area contributed by atoms with E-state index in [1.54, 1.807) is 0 Å². The highest BCUT2D eigenvalue weighted by Crippen LogP contribution is 2.29. The van der Waals surface area contributed by atoms with Crippen molar-refractivity contribution in [2.75, 3.05) is 19.8 Å². The first-order valence-corrected chi connectivity index (χ1v) is 6.62. The van der Waals surface area contributed by atoms with Gasteiger partial charge < -0.3 is 10.1 Å². The number of rotatable bonds is 6. The highest BCUT2D eigenvalue weighted by Gasteiger charge is 2.22. The standard InChI is InChI=1S/C11H20BrNO2/c1-2-5-15-8-11(14)13-7-9-3-4-10(12)6-9/h9-10H,2-8H2,1H3,(H,13,14). The smallest absolute Gasteiger partial charge is 0.246 e. The summed E-state index contributed by atoms with van der Waals surface area (Å²) in [7, 11) is 0. The summed E-state index contributed by atoms with van der Waals surface area (Å²) in [5, 5.41) is 2.92. The van der Waals surface area contributed by atoms with Crippen LogP contribution in [0, 0.1) is 5.92 Å². The first kappa shape index (κ1) is 13.0. The molecule has 0 radical (unpaired) electrons. The van der Waals surface area contributed by atoms with Gasteiger partial charge in [-0.3, -0.25) is 4.79 Å². The van der Waals surface area contributed by atoms with Gasteiger partial charge in [-0.2, -0.15) is 0 Å². The van der Waals surface area contributed by atoms with E-state index in [0.29, 0.717) is 17.4 Å². The molecule has 1 N–H and O–H groups in total. The first-order chi connectivity index (χ1) is 7.22. The summed E-state index contributed by atoms with van der Waals surface area (Å²) < 4.78 is 5.16. The van der Waals surface area contributed by atoms with E-state index in [4.69, 9.17) is 4.74 Å². The van der Waals surface area contributed by atoms with Gasteiger partial charge in [0.05, 0.1) is 0 Å². The molecule has 1 saturated carbocycles. The van der Waals surface area contributed by atoms with Crippen LogP contribution in [0.25, 0.3) is 0 Å². The van der Waals surface area contributed by atoms with Gasteiger partial charge in [-0.15, -0.1) is 0 Å². The molecule has 0 spiro atoms. The van der Waals surface area contributed by atoms with E-state index in [1.807, 2.05) is 6.92 Å². The van der Waals surface area contributed by atoms with E-state index in [2.05, 4.69) is 21.2 Å². The van der Waals surface area contributed by atoms with Gasteiger partial charge in [-0.05, 0) is 31.6 Å². The molecule has 0 bridgehead atoms. The molecule has 0 aromatic rings. The van der Waals surface area contributed by atoms with Crippen LogP contribution < -0.4 is 5.32 Å². The summed E-state index contributed by atoms with van der Waals surface area (Å²) >= 11 is 3.60. The van der Waals surface area contributed by atoms with Gasteiger partial charge in [-0.25, -0.2) is 0 Å². The van der Waals surface area contributed by atoms with Gasteiger partial charge in [-0.1, -0.05) is 22.9 Å². The quantitative estimate of drug-likeness (QED) is 0.597. The molecule has 1 rings (SSSR count). The number of carbonyl (C=O) groups excluding carboxylic acids is 1. The average Bonchev–Trinajstić information content (AvgIpc) is 2.62. The third kappa shape index (κ3) is 5.52. The van der Waals surface area contributed by atoms with Crippen molar-refractivity contribution >= 4 is 21.8 Å². The number of halogens is 1. The molecule has 0 heterocycles. The van der Waals surface area contributed by atoms with Crippen LogP contribution in [0.4, 0.5) is 0 Å². The lowest BCUT2D eigenvalue weighted by Gasteiger charge is -2.10. The maximum Gasteiger partial charge on any atom is 0.246 e. The summed E-state index contributed by atoms with van der Waals surface area (Å²) in [5.74, 6) is 0.658. The molecular formula is C11H20BrNO2. The minimum Gasteiger partial charge on any atom is -0.372 e. The molecule has 4 heteroatoms. The van der Waals surface area contributed by atoms with Crippen LogP contribution in [0.15, 0.2) is 0 Å². The molecule has 3 nitrogen and oxygen atoms in total. The van der Waals surface area contributed by atoms with E-state index >= 15 is 0 Å². The maximum atomic E-state index is 11.3. The first-order valence-electron chi connectivity index (χ1n) is 5.71. The van der Waals surface area contributed by atoms with Crippen LogP contribution in [-0.4, -0.2) is 30.5 Å². The molecule has 15 heavy (non-hydrogen) atoms. The zero-order chi connectivity index (χ0) is 11.1. The molecule has 88 valence electrons. The van der Waals surface area contributed by atoms with Gasteiger partial charge in [0.15, 0.2) is 0 Å². The van der Waals surface area contributed by atoms with Crippen molar-refractivity contribution in [2.45, 2.75) is 37.4 Å². The average molecular weight is 278 g/mol. The Bertz CT molecular complexity index is 199. The third-order valence-electron chi connectivity index (χ3n) is 2.65. The Morgan fingerprint density at radius 1 is 1.53 bits per heavy atom. The number of nitrogens with one attached hydrogen (secondary N) is 1. The SMILES string of the molecule is CCCOCC(=O)NCC1CCC(Br)C1. The second-order valence-electron chi connectivity index (χ2n) is 4.13. The van der Waals surface area contributed by atoms with Crippen molar-refractivity contribution < 1.29 is 9.53 Å². The fraction of sp³-hybridized carbons (Fsp3) is 0.909. The van der Waals surface area contributed by atoms with Crippen molar-refractivity contribution in [3.8, 4) is 0 Å².